The van der Waals surface area contributed by atoms with E-state index in [9.17, 15) is 9.90 Å². The highest BCUT2D eigenvalue weighted by Gasteiger charge is 2.29. The zero-order valence-corrected chi connectivity index (χ0v) is 11.7. The van der Waals surface area contributed by atoms with E-state index >= 15 is 0 Å². The number of benzene rings is 1. The maximum Gasteiger partial charge on any atom is 0.336 e. The third-order valence-corrected chi connectivity index (χ3v) is 4.17. The summed E-state index contributed by atoms with van der Waals surface area (Å²) in [6, 6.07) is 1.84. The van der Waals surface area contributed by atoms with Gasteiger partial charge in [0.25, 0.3) is 0 Å². The molecule has 0 atom stereocenters. The van der Waals surface area contributed by atoms with Crippen LogP contribution in [0.15, 0.2) is 6.07 Å². The standard InChI is InChI=1S/C13H15IO2/c1-3-9-7(2)12(8-4-5-8)11(14)6-10(9)13(15)16/h6,8H,3-5H2,1-2H3,(H,15,16). The van der Waals surface area contributed by atoms with Crippen molar-refractivity contribution in [3.05, 3.63) is 31.9 Å². The molecule has 2 nitrogen and oxygen atoms in total. The zero-order valence-electron chi connectivity index (χ0n) is 9.51. The van der Waals surface area contributed by atoms with Gasteiger partial charge in [-0.2, -0.15) is 0 Å². The first-order valence-electron chi connectivity index (χ1n) is 5.61. The van der Waals surface area contributed by atoms with Gasteiger partial charge in [0.1, 0.15) is 0 Å². The Balaban J connectivity index is 2.63. The van der Waals surface area contributed by atoms with Crippen LogP contribution in [-0.4, -0.2) is 11.1 Å². The van der Waals surface area contributed by atoms with Crippen molar-refractivity contribution in [1.82, 2.24) is 0 Å². The molecule has 0 radical (unpaired) electrons. The van der Waals surface area contributed by atoms with Gasteiger partial charge >= 0.3 is 5.97 Å². The first-order chi connectivity index (χ1) is 7.56. The predicted molar refractivity (Wildman–Crippen MR) is 72.2 cm³/mol. The predicted octanol–water partition coefficient (Wildman–Crippen LogP) is 3.74. The molecule has 0 saturated heterocycles. The first-order valence-corrected chi connectivity index (χ1v) is 6.69. The number of carboxylic acid groups (broad SMARTS) is 1. The molecule has 0 aliphatic heterocycles. The largest absolute Gasteiger partial charge is 0.478 e. The first kappa shape index (κ1) is 11.9. The Hall–Kier alpha value is -0.580. The van der Waals surface area contributed by atoms with E-state index in [1.165, 1.54) is 24.0 Å². The van der Waals surface area contributed by atoms with Gasteiger partial charge in [-0.3, -0.25) is 0 Å². The van der Waals surface area contributed by atoms with Gasteiger partial charge in [0, 0.05) is 3.57 Å². The fraction of sp³-hybridized carbons (Fsp3) is 0.462. The maximum atomic E-state index is 11.2. The normalized spacial score (nSPS) is 15.2. The van der Waals surface area contributed by atoms with Gasteiger partial charge in [0.2, 0.25) is 0 Å². The molecule has 2 rings (SSSR count). The second-order valence-electron chi connectivity index (χ2n) is 4.36. The van der Waals surface area contributed by atoms with Crippen LogP contribution in [-0.2, 0) is 6.42 Å². The Bertz CT molecular complexity index is 448. The third kappa shape index (κ3) is 1.97. The van der Waals surface area contributed by atoms with E-state index < -0.39 is 5.97 Å². The Morgan fingerprint density at radius 3 is 2.62 bits per heavy atom. The topological polar surface area (TPSA) is 37.3 Å². The number of halogens is 1. The molecule has 1 aromatic carbocycles. The highest BCUT2D eigenvalue weighted by molar-refractivity contribution is 14.1. The second kappa shape index (κ2) is 4.35. The molecule has 0 unspecified atom stereocenters. The molecule has 0 spiro atoms. The fourth-order valence-corrected chi connectivity index (χ4v) is 3.51. The molecule has 1 aromatic rings. The average Bonchev–Trinajstić information content (AvgIpc) is 3.01. The Morgan fingerprint density at radius 2 is 2.19 bits per heavy atom. The van der Waals surface area contributed by atoms with E-state index in [0.717, 1.165) is 15.6 Å². The van der Waals surface area contributed by atoms with Crippen molar-refractivity contribution in [1.29, 1.82) is 0 Å². The monoisotopic (exact) mass is 330 g/mol. The Labute approximate surface area is 109 Å². The molecule has 0 bridgehead atoms. The molecule has 86 valence electrons. The molecule has 1 fully saturated rings. The molecule has 1 saturated carbocycles. The van der Waals surface area contributed by atoms with Crippen LogP contribution in [0, 0.1) is 10.5 Å². The lowest BCUT2D eigenvalue weighted by Crippen LogP contribution is -2.07. The number of rotatable bonds is 3. The van der Waals surface area contributed by atoms with E-state index in [1.807, 2.05) is 13.0 Å². The smallest absolute Gasteiger partial charge is 0.336 e. The number of hydrogen-bond acceptors (Lipinski definition) is 1. The average molecular weight is 330 g/mol. The lowest BCUT2D eigenvalue weighted by molar-refractivity contribution is 0.0695. The molecule has 1 aliphatic rings. The van der Waals surface area contributed by atoms with Gasteiger partial charge in [-0.25, -0.2) is 4.79 Å². The molecule has 0 amide bonds. The highest BCUT2D eigenvalue weighted by Crippen LogP contribution is 2.45. The lowest BCUT2D eigenvalue weighted by atomic mass is 9.93. The van der Waals surface area contributed by atoms with Crippen molar-refractivity contribution in [3.63, 3.8) is 0 Å². The number of aromatic carboxylic acids is 1. The van der Waals surface area contributed by atoms with Crippen LogP contribution < -0.4 is 0 Å². The molecule has 3 heteroatoms. The molecule has 1 aliphatic carbocycles. The molecule has 0 aromatic heterocycles. The van der Waals surface area contributed by atoms with Crippen molar-refractivity contribution in [2.45, 2.75) is 39.0 Å². The summed E-state index contributed by atoms with van der Waals surface area (Å²) in [4.78, 5) is 11.2. The summed E-state index contributed by atoms with van der Waals surface area (Å²) in [5.41, 5.74) is 4.08. The highest BCUT2D eigenvalue weighted by atomic mass is 127. The number of hydrogen-bond donors (Lipinski definition) is 1. The van der Waals surface area contributed by atoms with E-state index in [0.29, 0.717) is 11.5 Å². The molecular formula is C13H15IO2. The summed E-state index contributed by atoms with van der Waals surface area (Å²) < 4.78 is 1.12. The van der Waals surface area contributed by atoms with Gasteiger partial charge in [0.05, 0.1) is 5.56 Å². The van der Waals surface area contributed by atoms with Crippen LogP contribution >= 0.6 is 22.6 Å². The Kier molecular flexibility index (Phi) is 3.24. The lowest BCUT2D eigenvalue weighted by Gasteiger charge is -2.15. The molecule has 16 heavy (non-hydrogen) atoms. The van der Waals surface area contributed by atoms with Crippen LogP contribution in [0.25, 0.3) is 0 Å². The summed E-state index contributed by atoms with van der Waals surface area (Å²) in [6.07, 6.45) is 3.31. The van der Waals surface area contributed by atoms with Crippen LogP contribution in [0.5, 0.6) is 0 Å². The summed E-state index contributed by atoms with van der Waals surface area (Å²) in [5.74, 6) is -0.125. The van der Waals surface area contributed by atoms with Crippen LogP contribution in [0.2, 0.25) is 0 Å². The zero-order chi connectivity index (χ0) is 11.9. The quantitative estimate of drug-likeness (QED) is 0.858. The molecule has 1 N–H and O–H groups in total. The minimum absolute atomic E-state index is 0.480. The van der Waals surface area contributed by atoms with Crippen LogP contribution in [0.4, 0.5) is 0 Å². The van der Waals surface area contributed by atoms with Crippen LogP contribution in [0.1, 0.15) is 52.7 Å². The molecule has 0 heterocycles. The number of carboxylic acids is 1. The van der Waals surface area contributed by atoms with Gasteiger partial charge < -0.3 is 5.11 Å². The van der Waals surface area contributed by atoms with Gasteiger partial charge in [-0.15, -0.1) is 0 Å². The summed E-state index contributed by atoms with van der Waals surface area (Å²) in [5, 5.41) is 9.19. The third-order valence-electron chi connectivity index (χ3n) is 3.28. The summed E-state index contributed by atoms with van der Waals surface area (Å²) in [7, 11) is 0. The van der Waals surface area contributed by atoms with Gasteiger partial charge in [-0.05, 0) is 77.5 Å². The van der Waals surface area contributed by atoms with Crippen molar-refractivity contribution in [2.75, 3.05) is 0 Å². The molecular weight excluding hydrogens is 315 g/mol. The van der Waals surface area contributed by atoms with Crippen LogP contribution in [0.3, 0.4) is 0 Å². The van der Waals surface area contributed by atoms with E-state index in [-0.39, 0.29) is 0 Å². The van der Waals surface area contributed by atoms with Crippen molar-refractivity contribution in [2.24, 2.45) is 0 Å². The van der Waals surface area contributed by atoms with E-state index in [2.05, 4.69) is 29.5 Å². The van der Waals surface area contributed by atoms with Gasteiger partial charge in [0.15, 0.2) is 0 Å². The van der Waals surface area contributed by atoms with E-state index in [1.54, 1.807) is 0 Å². The summed E-state index contributed by atoms with van der Waals surface area (Å²) >= 11 is 2.27. The minimum atomic E-state index is -0.805. The van der Waals surface area contributed by atoms with Crippen molar-refractivity contribution >= 4 is 28.6 Å². The number of carbonyl (C=O) groups is 1. The van der Waals surface area contributed by atoms with Gasteiger partial charge in [-0.1, -0.05) is 6.92 Å². The van der Waals surface area contributed by atoms with Crippen molar-refractivity contribution < 1.29 is 9.90 Å². The van der Waals surface area contributed by atoms with Crippen molar-refractivity contribution in [3.8, 4) is 0 Å². The SMILES string of the molecule is CCc1c(C(=O)O)cc(I)c(C2CC2)c1C. The Morgan fingerprint density at radius 1 is 1.56 bits per heavy atom. The summed E-state index contributed by atoms with van der Waals surface area (Å²) in [6.45, 7) is 4.10. The van der Waals surface area contributed by atoms with E-state index in [4.69, 9.17) is 0 Å². The second-order valence-corrected chi connectivity index (χ2v) is 5.52. The maximum absolute atomic E-state index is 11.2. The fourth-order valence-electron chi connectivity index (χ4n) is 2.35. The minimum Gasteiger partial charge on any atom is -0.478 e.